The van der Waals surface area contributed by atoms with Gasteiger partial charge in [0.15, 0.2) is 0 Å². The summed E-state index contributed by atoms with van der Waals surface area (Å²) in [5, 5.41) is 0. The molecular weight excluding hydrogens is 128 g/mol. The van der Waals surface area contributed by atoms with E-state index in [1.165, 1.54) is 0 Å². The van der Waals surface area contributed by atoms with Crippen molar-refractivity contribution in [3.05, 3.63) is 17.7 Å². The van der Waals surface area contributed by atoms with Crippen LogP contribution in [0.25, 0.3) is 0 Å². The molecule has 1 rings (SSSR count). The summed E-state index contributed by atoms with van der Waals surface area (Å²) in [7, 11) is 3.65. The molecule has 0 radical (unpaired) electrons. The molecule has 0 aliphatic carbocycles. The number of imidazole rings is 1. The zero-order valence-corrected chi connectivity index (χ0v) is 6.59. The summed E-state index contributed by atoms with van der Waals surface area (Å²) in [6.45, 7) is 2.62. The Morgan fingerprint density at radius 1 is 1.70 bits per heavy atom. The molecule has 0 saturated carbocycles. The van der Waals surface area contributed by atoms with Crippen molar-refractivity contribution in [1.82, 2.24) is 9.55 Å². The van der Waals surface area contributed by atoms with Crippen LogP contribution >= 0.6 is 0 Å². The molecule has 10 heavy (non-hydrogen) atoms. The van der Waals surface area contributed by atoms with Crippen LogP contribution in [0.4, 0.5) is 0 Å². The average molecular weight is 140 g/mol. The lowest BCUT2D eigenvalue weighted by atomic mass is 10.3. The van der Waals surface area contributed by atoms with E-state index in [0.717, 1.165) is 11.4 Å². The van der Waals surface area contributed by atoms with Crippen molar-refractivity contribution in [2.45, 2.75) is 13.5 Å². The van der Waals surface area contributed by atoms with E-state index >= 15 is 0 Å². The van der Waals surface area contributed by atoms with Gasteiger partial charge in [-0.1, -0.05) is 0 Å². The highest BCUT2D eigenvalue weighted by atomic mass is 16.5. The molecule has 0 aromatic carbocycles. The maximum atomic E-state index is 4.99. The van der Waals surface area contributed by atoms with Crippen LogP contribution in [0, 0.1) is 6.92 Å². The van der Waals surface area contributed by atoms with Gasteiger partial charge in [0.2, 0.25) is 0 Å². The summed E-state index contributed by atoms with van der Waals surface area (Å²) in [6, 6.07) is 0. The number of hydrogen-bond donors (Lipinski definition) is 0. The number of methoxy groups -OCH3 is 1. The van der Waals surface area contributed by atoms with E-state index in [-0.39, 0.29) is 0 Å². The Labute approximate surface area is 60.6 Å². The van der Waals surface area contributed by atoms with Crippen molar-refractivity contribution in [1.29, 1.82) is 0 Å². The molecule has 1 aromatic heterocycles. The average Bonchev–Trinajstić information content (AvgIpc) is 2.20. The molecule has 0 aliphatic rings. The van der Waals surface area contributed by atoms with Gasteiger partial charge < -0.3 is 9.30 Å². The summed E-state index contributed by atoms with van der Waals surface area (Å²) in [6.07, 6.45) is 1.80. The topological polar surface area (TPSA) is 27.1 Å². The molecule has 0 N–H and O–H groups in total. The van der Waals surface area contributed by atoms with Crippen molar-refractivity contribution in [3.63, 3.8) is 0 Å². The van der Waals surface area contributed by atoms with Crippen LogP contribution in [0.2, 0.25) is 0 Å². The molecule has 0 atom stereocenters. The Balaban J connectivity index is 2.87. The van der Waals surface area contributed by atoms with Gasteiger partial charge in [-0.3, -0.25) is 0 Å². The van der Waals surface area contributed by atoms with Crippen LogP contribution in [0.1, 0.15) is 11.4 Å². The van der Waals surface area contributed by atoms with Crippen molar-refractivity contribution in [2.75, 3.05) is 7.11 Å². The van der Waals surface area contributed by atoms with E-state index in [1.807, 2.05) is 18.5 Å². The maximum Gasteiger partial charge on any atom is 0.0949 e. The molecule has 0 amide bonds. The highest BCUT2D eigenvalue weighted by molar-refractivity contribution is 5.09. The fourth-order valence-corrected chi connectivity index (χ4v) is 0.916. The minimum Gasteiger partial charge on any atom is -0.378 e. The van der Waals surface area contributed by atoms with Crippen LogP contribution in [-0.2, 0) is 18.4 Å². The second-order valence-corrected chi connectivity index (χ2v) is 2.32. The first kappa shape index (κ1) is 7.28. The molecule has 1 aromatic rings. The minimum atomic E-state index is 0.641. The number of ether oxygens (including phenoxy) is 1. The summed E-state index contributed by atoms with van der Waals surface area (Å²) >= 11 is 0. The number of nitrogens with zero attached hydrogens (tertiary/aromatic N) is 2. The van der Waals surface area contributed by atoms with E-state index < -0.39 is 0 Å². The van der Waals surface area contributed by atoms with Gasteiger partial charge in [-0.25, -0.2) is 4.98 Å². The molecule has 0 bridgehead atoms. The summed E-state index contributed by atoms with van der Waals surface area (Å²) < 4.78 is 6.96. The fraction of sp³-hybridized carbons (Fsp3) is 0.571. The van der Waals surface area contributed by atoms with E-state index in [1.54, 1.807) is 13.4 Å². The van der Waals surface area contributed by atoms with Crippen LogP contribution in [0.15, 0.2) is 6.33 Å². The lowest BCUT2D eigenvalue weighted by Gasteiger charge is -2.00. The van der Waals surface area contributed by atoms with Crippen LogP contribution in [0.3, 0.4) is 0 Å². The van der Waals surface area contributed by atoms with Crippen LogP contribution in [-0.4, -0.2) is 16.7 Å². The third-order valence-corrected chi connectivity index (χ3v) is 1.55. The standard InChI is InChI=1S/C7H12N2O/c1-6-7(4-10-3)9(2)5-8-6/h5H,4H2,1-3H3. The van der Waals surface area contributed by atoms with Crippen molar-refractivity contribution < 1.29 is 4.74 Å². The normalized spacial score (nSPS) is 10.3. The Morgan fingerprint density at radius 3 is 2.80 bits per heavy atom. The molecule has 3 heteroatoms. The van der Waals surface area contributed by atoms with Gasteiger partial charge in [0.1, 0.15) is 0 Å². The van der Waals surface area contributed by atoms with Crippen molar-refractivity contribution in [3.8, 4) is 0 Å². The van der Waals surface area contributed by atoms with Gasteiger partial charge in [-0.05, 0) is 6.92 Å². The van der Waals surface area contributed by atoms with E-state index in [4.69, 9.17) is 4.74 Å². The number of hydrogen-bond acceptors (Lipinski definition) is 2. The van der Waals surface area contributed by atoms with Crippen molar-refractivity contribution >= 4 is 0 Å². The first-order chi connectivity index (χ1) is 4.75. The smallest absolute Gasteiger partial charge is 0.0949 e. The first-order valence-corrected chi connectivity index (χ1v) is 3.21. The predicted octanol–water partition coefficient (Wildman–Crippen LogP) is 0.875. The fourth-order valence-electron chi connectivity index (χ4n) is 0.916. The second kappa shape index (κ2) is 2.84. The van der Waals surface area contributed by atoms with Gasteiger partial charge in [-0.2, -0.15) is 0 Å². The maximum absolute atomic E-state index is 4.99. The summed E-state index contributed by atoms with van der Waals surface area (Å²) in [5.74, 6) is 0. The molecule has 0 aliphatic heterocycles. The molecule has 56 valence electrons. The van der Waals surface area contributed by atoms with Crippen LogP contribution < -0.4 is 0 Å². The summed E-state index contributed by atoms with van der Waals surface area (Å²) in [5.41, 5.74) is 2.19. The second-order valence-electron chi connectivity index (χ2n) is 2.32. The number of aromatic nitrogens is 2. The van der Waals surface area contributed by atoms with Gasteiger partial charge in [0.25, 0.3) is 0 Å². The summed E-state index contributed by atoms with van der Waals surface area (Å²) in [4.78, 5) is 4.12. The SMILES string of the molecule is COCc1c(C)ncn1C. The zero-order valence-electron chi connectivity index (χ0n) is 6.59. The van der Waals surface area contributed by atoms with Crippen LogP contribution in [0.5, 0.6) is 0 Å². The van der Waals surface area contributed by atoms with Gasteiger partial charge in [-0.15, -0.1) is 0 Å². The van der Waals surface area contributed by atoms with Gasteiger partial charge >= 0.3 is 0 Å². The minimum absolute atomic E-state index is 0.641. The van der Waals surface area contributed by atoms with E-state index in [2.05, 4.69) is 4.98 Å². The van der Waals surface area contributed by atoms with Gasteiger partial charge in [0.05, 0.1) is 24.3 Å². The third kappa shape index (κ3) is 1.19. The van der Waals surface area contributed by atoms with Crippen molar-refractivity contribution in [2.24, 2.45) is 7.05 Å². The Hall–Kier alpha value is -0.830. The first-order valence-electron chi connectivity index (χ1n) is 3.21. The highest BCUT2D eigenvalue weighted by Crippen LogP contribution is 2.04. The molecule has 0 fully saturated rings. The zero-order chi connectivity index (χ0) is 7.56. The number of rotatable bonds is 2. The van der Waals surface area contributed by atoms with E-state index in [9.17, 15) is 0 Å². The van der Waals surface area contributed by atoms with Gasteiger partial charge in [0, 0.05) is 14.2 Å². The quantitative estimate of drug-likeness (QED) is 0.609. The molecular formula is C7H12N2O. The third-order valence-electron chi connectivity index (χ3n) is 1.55. The predicted molar refractivity (Wildman–Crippen MR) is 38.7 cm³/mol. The molecule has 0 spiro atoms. The lowest BCUT2D eigenvalue weighted by molar-refractivity contribution is 0.178. The Bertz CT molecular complexity index is 198. The number of aryl methyl sites for hydroxylation is 2. The molecule has 0 saturated heterocycles. The van der Waals surface area contributed by atoms with E-state index in [0.29, 0.717) is 6.61 Å². The monoisotopic (exact) mass is 140 g/mol. The Kier molecular flexibility index (Phi) is 2.06. The lowest BCUT2D eigenvalue weighted by Crippen LogP contribution is -1.97. The molecule has 1 heterocycles. The highest BCUT2D eigenvalue weighted by Gasteiger charge is 2.01. The molecule has 3 nitrogen and oxygen atoms in total. The molecule has 0 unspecified atom stereocenters. The Morgan fingerprint density at radius 2 is 2.40 bits per heavy atom. The largest absolute Gasteiger partial charge is 0.378 e.